The van der Waals surface area contributed by atoms with E-state index in [1.165, 1.54) is 17.8 Å². The molecule has 0 radical (unpaired) electrons. The Hall–Kier alpha value is -2.58. The van der Waals surface area contributed by atoms with Crippen LogP contribution < -0.4 is 4.74 Å². The molecule has 1 heterocycles. The molecule has 1 aliphatic carbocycles. The first-order chi connectivity index (χ1) is 13.6. The van der Waals surface area contributed by atoms with Crippen LogP contribution in [-0.4, -0.2) is 19.7 Å². The molecule has 0 spiro atoms. The lowest BCUT2D eigenvalue weighted by Crippen LogP contribution is -2.07. The Balaban J connectivity index is 1.50. The predicted molar refractivity (Wildman–Crippen MR) is 107 cm³/mol. The Labute approximate surface area is 170 Å². The molecular weight excluding hydrogens is 400 g/mol. The molecule has 4 rings (SSSR count). The molecule has 7 nitrogen and oxygen atoms in total. The quantitative estimate of drug-likeness (QED) is 0.290. The van der Waals surface area contributed by atoms with Gasteiger partial charge in [0.05, 0.1) is 9.95 Å². The van der Waals surface area contributed by atoms with Gasteiger partial charge in [0.1, 0.15) is 12.4 Å². The Morgan fingerprint density at radius 3 is 2.68 bits per heavy atom. The first kappa shape index (κ1) is 18.8. The normalized spacial score (nSPS) is 13.5. The van der Waals surface area contributed by atoms with Gasteiger partial charge in [0.2, 0.25) is 0 Å². The van der Waals surface area contributed by atoms with E-state index in [0.717, 1.165) is 23.8 Å². The first-order valence-corrected chi connectivity index (χ1v) is 10.2. The second-order valence-corrected chi connectivity index (χ2v) is 7.74. The van der Waals surface area contributed by atoms with Gasteiger partial charge in [-0.25, -0.2) is 0 Å². The number of rotatable bonds is 8. The number of nitro benzene ring substituents is 1. The fraction of sp³-hybridized carbons (Fsp3) is 0.263. The average Bonchev–Trinajstić information content (AvgIpc) is 3.46. The highest BCUT2D eigenvalue weighted by Crippen LogP contribution is 2.40. The molecule has 1 aromatic heterocycles. The second kappa shape index (κ2) is 8.20. The summed E-state index contributed by atoms with van der Waals surface area (Å²) in [5.74, 6) is 1.78. The zero-order valence-corrected chi connectivity index (χ0v) is 16.4. The van der Waals surface area contributed by atoms with Crippen LogP contribution in [0.5, 0.6) is 5.75 Å². The standard InChI is InChI=1S/C19H17ClN4O3S/c20-15-6-2-4-8-17(15)27-11-18-21-22-19(23(18)14-9-10-14)28-12-13-5-1-3-7-16(13)24(25)26/h1-8,14H,9-12H2. The molecule has 0 amide bonds. The van der Waals surface area contributed by atoms with Crippen LogP contribution in [0.4, 0.5) is 5.69 Å². The van der Waals surface area contributed by atoms with Crippen molar-refractivity contribution in [3.8, 4) is 5.75 Å². The minimum Gasteiger partial charge on any atom is -0.484 e. The third-order valence-corrected chi connectivity index (χ3v) is 5.69. The van der Waals surface area contributed by atoms with Crippen LogP contribution in [0.1, 0.15) is 30.3 Å². The van der Waals surface area contributed by atoms with E-state index in [0.29, 0.717) is 28.1 Å². The molecule has 0 bridgehead atoms. The molecular formula is C19H17ClN4O3S. The van der Waals surface area contributed by atoms with Gasteiger partial charge in [-0.2, -0.15) is 0 Å². The number of thioether (sulfide) groups is 1. The van der Waals surface area contributed by atoms with E-state index < -0.39 is 0 Å². The molecule has 9 heteroatoms. The van der Waals surface area contributed by atoms with Gasteiger partial charge in [-0.15, -0.1) is 10.2 Å². The summed E-state index contributed by atoms with van der Waals surface area (Å²) in [6.45, 7) is 0.263. The number of nitrogens with zero attached hydrogens (tertiary/aromatic N) is 4. The lowest BCUT2D eigenvalue weighted by atomic mass is 10.2. The van der Waals surface area contributed by atoms with E-state index in [1.54, 1.807) is 24.3 Å². The average molecular weight is 417 g/mol. The molecule has 0 N–H and O–H groups in total. The minimum atomic E-state index is -0.357. The molecule has 1 fully saturated rings. The highest BCUT2D eigenvalue weighted by atomic mass is 35.5. The maximum atomic E-state index is 11.2. The zero-order chi connectivity index (χ0) is 19.5. The Morgan fingerprint density at radius 2 is 1.93 bits per heavy atom. The number of nitro groups is 1. The largest absolute Gasteiger partial charge is 0.484 e. The van der Waals surface area contributed by atoms with E-state index in [-0.39, 0.29) is 17.2 Å². The molecule has 28 heavy (non-hydrogen) atoms. The van der Waals surface area contributed by atoms with Crippen LogP contribution >= 0.6 is 23.4 Å². The molecule has 0 atom stereocenters. The van der Waals surface area contributed by atoms with Crippen LogP contribution in [0.25, 0.3) is 0 Å². The summed E-state index contributed by atoms with van der Waals surface area (Å²) in [5, 5.41) is 21.1. The highest BCUT2D eigenvalue weighted by molar-refractivity contribution is 7.98. The number of hydrogen-bond donors (Lipinski definition) is 0. The van der Waals surface area contributed by atoms with E-state index >= 15 is 0 Å². The summed E-state index contributed by atoms with van der Waals surface area (Å²) >= 11 is 7.59. The third kappa shape index (κ3) is 4.13. The number of benzene rings is 2. The first-order valence-electron chi connectivity index (χ1n) is 8.79. The number of hydrogen-bond acceptors (Lipinski definition) is 6. The van der Waals surface area contributed by atoms with Gasteiger partial charge in [0.25, 0.3) is 5.69 Å². The molecule has 1 aliphatic rings. The van der Waals surface area contributed by atoms with Crippen molar-refractivity contribution in [2.24, 2.45) is 0 Å². The van der Waals surface area contributed by atoms with Crippen molar-refractivity contribution < 1.29 is 9.66 Å². The smallest absolute Gasteiger partial charge is 0.273 e. The van der Waals surface area contributed by atoms with E-state index in [9.17, 15) is 10.1 Å². The van der Waals surface area contributed by atoms with Crippen LogP contribution in [0.2, 0.25) is 5.02 Å². The fourth-order valence-corrected chi connectivity index (χ4v) is 4.07. The summed E-state index contributed by atoms with van der Waals surface area (Å²) in [7, 11) is 0. The van der Waals surface area contributed by atoms with E-state index in [4.69, 9.17) is 16.3 Å². The van der Waals surface area contributed by atoms with Crippen LogP contribution in [0.15, 0.2) is 53.7 Å². The minimum absolute atomic E-state index is 0.120. The zero-order valence-electron chi connectivity index (χ0n) is 14.8. The molecule has 144 valence electrons. The predicted octanol–water partition coefficient (Wildman–Crippen LogP) is 5.05. The molecule has 0 aliphatic heterocycles. The Morgan fingerprint density at radius 1 is 1.18 bits per heavy atom. The van der Waals surface area contributed by atoms with Crippen molar-refractivity contribution in [3.63, 3.8) is 0 Å². The van der Waals surface area contributed by atoms with Crippen LogP contribution in [-0.2, 0) is 12.4 Å². The third-order valence-electron chi connectivity index (χ3n) is 4.39. The van der Waals surface area contributed by atoms with Gasteiger partial charge < -0.3 is 4.74 Å². The summed E-state index contributed by atoms with van der Waals surface area (Å²) in [6.07, 6.45) is 2.13. The summed E-state index contributed by atoms with van der Waals surface area (Å²) in [5.41, 5.74) is 0.784. The van der Waals surface area contributed by atoms with Crippen molar-refractivity contribution in [1.82, 2.24) is 14.8 Å². The SMILES string of the molecule is O=[N+]([O-])c1ccccc1CSc1nnc(COc2ccccc2Cl)n1C1CC1. The summed E-state index contributed by atoms with van der Waals surface area (Å²) < 4.78 is 7.89. The monoisotopic (exact) mass is 416 g/mol. The van der Waals surface area contributed by atoms with Crippen LogP contribution in [0, 0.1) is 10.1 Å². The lowest BCUT2D eigenvalue weighted by Gasteiger charge is -2.10. The Kier molecular flexibility index (Phi) is 5.50. The van der Waals surface area contributed by atoms with Gasteiger partial charge in [-0.05, 0) is 25.0 Å². The van der Waals surface area contributed by atoms with E-state index in [2.05, 4.69) is 14.8 Å². The molecule has 3 aromatic rings. The maximum absolute atomic E-state index is 11.2. The number of halogens is 1. The van der Waals surface area contributed by atoms with Crippen LogP contribution in [0.3, 0.4) is 0 Å². The number of aromatic nitrogens is 3. The summed E-state index contributed by atoms with van der Waals surface area (Å²) in [4.78, 5) is 10.8. The molecule has 0 unspecified atom stereocenters. The van der Waals surface area contributed by atoms with Crippen molar-refractivity contribution in [2.45, 2.75) is 36.4 Å². The highest BCUT2D eigenvalue weighted by Gasteiger charge is 2.30. The van der Waals surface area contributed by atoms with Crippen molar-refractivity contribution in [1.29, 1.82) is 0 Å². The van der Waals surface area contributed by atoms with Gasteiger partial charge >= 0.3 is 0 Å². The molecule has 1 saturated carbocycles. The topological polar surface area (TPSA) is 83.1 Å². The van der Waals surface area contributed by atoms with Gasteiger partial charge in [0, 0.05) is 23.4 Å². The van der Waals surface area contributed by atoms with Gasteiger partial charge in [-0.3, -0.25) is 14.7 Å². The molecule has 0 saturated heterocycles. The lowest BCUT2D eigenvalue weighted by molar-refractivity contribution is -0.385. The van der Waals surface area contributed by atoms with E-state index in [1.807, 2.05) is 18.2 Å². The maximum Gasteiger partial charge on any atom is 0.273 e. The van der Waals surface area contributed by atoms with Crippen molar-refractivity contribution in [3.05, 3.63) is 75.1 Å². The van der Waals surface area contributed by atoms with Crippen molar-refractivity contribution in [2.75, 3.05) is 0 Å². The number of para-hydroxylation sites is 2. The van der Waals surface area contributed by atoms with Crippen molar-refractivity contribution >= 4 is 29.1 Å². The number of ether oxygens (including phenoxy) is 1. The van der Waals surface area contributed by atoms with Gasteiger partial charge in [0.15, 0.2) is 11.0 Å². The molecule has 2 aromatic carbocycles. The van der Waals surface area contributed by atoms with Gasteiger partial charge in [-0.1, -0.05) is 53.7 Å². The fourth-order valence-electron chi connectivity index (χ4n) is 2.86. The Bertz CT molecular complexity index is 1010. The summed E-state index contributed by atoms with van der Waals surface area (Å²) in [6, 6.07) is 14.4. The second-order valence-electron chi connectivity index (χ2n) is 6.39.